The first-order valence-electron chi connectivity index (χ1n) is 6.04. The van der Waals surface area contributed by atoms with Crippen LogP contribution in [0.5, 0.6) is 0 Å². The normalized spacial score (nSPS) is 10.0. The highest BCUT2D eigenvalue weighted by Gasteiger charge is 2.10. The lowest BCUT2D eigenvalue weighted by Gasteiger charge is -2.06. The van der Waals surface area contributed by atoms with E-state index in [1.54, 1.807) is 30.3 Å². The van der Waals surface area contributed by atoms with Crippen LogP contribution in [0.15, 0.2) is 30.3 Å². The number of nitrogens with zero attached hydrogens (tertiary/aromatic N) is 1. The fraction of sp³-hybridized carbons (Fsp3) is 0.133. The summed E-state index contributed by atoms with van der Waals surface area (Å²) < 4.78 is 0. The van der Waals surface area contributed by atoms with Crippen molar-refractivity contribution in [3.05, 3.63) is 46.3 Å². The van der Waals surface area contributed by atoms with Crippen molar-refractivity contribution in [2.75, 3.05) is 0 Å². The minimum atomic E-state index is -0.975. The number of aliphatic carboxylic acids is 2. The predicted octanol–water partition coefficient (Wildman–Crippen LogP) is 2.54. The third-order valence-electron chi connectivity index (χ3n) is 2.76. The van der Waals surface area contributed by atoms with Crippen LogP contribution < -0.4 is 0 Å². The Morgan fingerprint density at radius 3 is 2.05 bits per heavy atom. The van der Waals surface area contributed by atoms with Crippen LogP contribution in [0.25, 0.3) is 10.4 Å². The second-order valence-electron chi connectivity index (χ2n) is 4.45. The second kappa shape index (κ2) is 6.20. The number of carboxylic acid groups (broad SMARTS) is 2. The van der Waals surface area contributed by atoms with E-state index in [-0.39, 0.29) is 12.8 Å². The topological polar surface area (TPSA) is 98.4 Å². The molecule has 5 nitrogen and oxygen atoms in total. The summed E-state index contributed by atoms with van der Waals surface area (Å²) in [7, 11) is 0. The Balaban J connectivity index is 2.45. The van der Waals surface area contributed by atoms with Crippen LogP contribution in [0.3, 0.4) is 0 Å². The molecule has 0 aliphatic carbocycles. The van der Waals surface area contributed by atoms with Crippen LogP contribution in [0.4, 0.5) is 0 Å². The number of rotatable bonds is 5. The maximum Gasteiger partial charge on any atom is 0.307 e. The zero-order chi connectivity index (χ0) is 15.4. The van der Waals surface area contributed by atoms with Crippen LogP contribution in [-0.4, -0.2) is 22.2 Å². The first kappa shape index (κ1) is 14.8. The third-order valence-corrected chi connectivity index (χ3v) is 3.80. The Morgan fingerprint density at radius 2 is 1.62 bits per heavy atom. The fourth-order valence-corrected chi connectivity index (χ4v) is 2.80. The van der Waals surface area contributed by atoms with Gasteiger partial charge in [-0.2, -0.15) is 5.26 Å². The molecule has 1 heterocycles. The summed E-state index contributed by atoms with van der Waals surface area (Å²) in [6.45, 7) is 0. The van der Waals surface area contributed by atoms with Crippen LogP contribution in [-0.2, 0) is 22.4 Å². The molecule has 6 heteroatoms. The summed E-state index contributed by atoms with van der Waals surface area (Å²) >= 11 is 1.29. The largest absolute Gasteiger partial charge is 0.481 e. The molecule has 0 radical (unpaired) electrons. The van der Waals surface area contributed by atoms with Crippen LogP contribution in [0.2, 0.25) is 0 Å². The maximum absolute atomic E-state index is 10.8. The van der Waals surface area contributed by atoms with E-state index < -0.39 is 11.9 Å². The second-order valence-corrected chi connectivity index (χ2v) is 5.54. The van der Waals surface area contributed by atoms with Crippen LogP contribution >= 0.6 is 11.3 Å². The van der Waals surface area contributed by atoms with Gasteiger partial charge in [-0.05, 0) is 41.0 Å². The Labute approximate surface area is 124 Å². The fourth-order valence-electron chi connectivity index (χ4n) is 2.01. The van der Waals surface area contributed by atoms with E-state index >= 15 is 0 Å². The lowest BCUT2D eigenvalue weighted by molar-refractivity contribution is -0.137. The zero-order valence-corrected chi connectivity index (χ0v) is 11.7. The van der Waals surface area contributed by atoms with Gasteiger partial charge in [0.2, 0.25) is 0 Å². The van der Waals surface area contributed by atoms with E-state index in [1.807, 2.05) is 6.07 Å². The average Bonchev–Trinajstić information content (AvgIpc) is 2.85. The van der Waals surface area contributed by atoms with Gasteiger partial charge in [0.05, 0.1) is 12.8 Å². The number of thiophene rings is 1. The quantitative estimate of drug-likeness (QED) is 0.884. The standard InChI is InChI=1S/C15H11NO4S/c16-8-12-1-2-13(21-12)11-4-9(6-14(17)18)3-10(5-11)7-15(19)20/h1-5H,6-7H2,(H,17,18)(H,19,20). The van der Waals surface area contributed by atoms with Gasteiger partial charge in [0.15, 0.2) is 0 Å². The minimum absolute atomic E-state index is 0.170. The molecule has 21 heavy (non-hydrogen) atoms. The third kappa shape index (κ3) is 3.91. The minimum Gasteiger partial charge on any atom is -0.481 e. The van der Waals surface area contributed by atoms with Gasteiger partial charge < -0.3 is 10.2 Å². The van der Waals surface area contributed by atoms with Crippen molar-refractivity contribution >= 4 is 23.3 Å². The number of nitriles is 1. The summed E-state index contributed by atoms with van der Waals surface area (Å²) in [5.41, 5.74) is 1.82. The molecule has 0 saturated carbocycles. The molecule has 0 aliphatic heterocycles. The van der Waals surface area contributed by atoms with Crippen molar-refractivity contribution in [2.45, 2.75) is 12.8 Å². The van der Waals surface area contributed by atoms with Crippen LogP contribution in [0, 0.1) is 11.3 Å². The Kier molecular flexibility index (Phi) is 4.36. The molecule has 0 aliphatic rings. The van der Waals surface area contributed by atoms with Gasteiger partial charge >= 0.3 is 11.9 Å². The van der Waals surface area contributed by atoms with Crippen molar-refractivity contribution in [3.63, 3.8) is 0 Å². The predicted molar refractivity (Wildman–Crippen MR) is 77.1 cm³/mol. The lowest BCUT2D eigenvalue weighted by Crippen LogP contribution is -2.04. The van der Waals surface area contributed by atoms with Crippen molar-refractivity contribution < 1.29 is 19.8 Å². The molecule has 106 valence electrons. The molecule has 1 aromatic carbocycles. The maximum atomic E-state index is 10.8. The Hall–Kier alpha value is -2.65. The van der Waals surface area contributed by atoms with Gasteiger partial charge in [-0.15, -0.1) is 11.3 Å². The number of hydrogen-bond acceptors (Lipinski definition) is 4. The van der Waals surface area contributed by atoms with Gasteiger partial charge in [-0.25, -0.2) is 0 Å². The molecule has 0 saturated heterocycles. The van der Waals surface area contributed by atoms with E-state index in [0.29, 0.717) is 16.0 Å². The highest BCUT2D eigenvalue weighted by molar-refractivity contribution is 7.16. The van der Waals surface area contributed by atoms with Crippen molar-refractivity contribution in [3.8, 4) is 16.5 Å². The SMILES string of the molecule is N#Cc1ccc(-c2cc(CC(=O)O)cc(CC(=O)O)c2)s1. The summed E-state index contributed by atoms with van der Waals surface area (Å²) in [6, 6.07) is 10.5. The van der Waals surface area contributed by atoms with E-state index in [1.165, 1.54) is 11.3 Å². The summed E-state index contributed by atoms with van der Waals surface area (Å²) in [5, 5.41) is 26.6. The summed E-state index contributed by atoms with van der Waals surface area (Å²) in [5.74, 6) is -1.95. The van der Waals surface area contributed by atoms with Gasteiger partial charge in [-0.3, -0.25) is 9.59 Å². The first-order valence-corrected chi connectivity index (χ1v) is 6.86. The monoisotopic (exact) mass is 301 g/mol. The van der Waals surface area contributed by atoms with Gasteiger partial charge in [0.1, 0.15) is 10.9 Å². The molecule has 1 aromatic heterocycles. The Morgan fingerprint density at radius 1 is 1.05 bits per heavy atom. The van der Waals surface area contributed by atoms with E-state index in [2.05, 4.69) is 0 Å². The van der Waals surface area contributed by atoms with Crippen molar-refractivity contribution in [2.24, 2.45) is 0 Å². The molecule has 2 N–H and O–H groups in total. The van der Waals surface area contributed by atoms with E-state index in [4.69, 9.17) is 15.5 Å². The molecule has 0 atom stereocenters. The molecule has 0 bridgehead atoms. The zero-order valence-electron chi connectivity index (χ0n) is 10.9. The first-order chi connectivity index (χ1) is 9.97. The highest BCUT2D eigenvalue weighted by atomic mass is 32.1. The number of benzene rings is 1. The molecule has 0 unspecified atom stereocenters. The van der Waals surface area contributed by atoms with E-state index in [0.717, 1.165) is 10.4 Å². The number of hydrogen-bond donors (Lipinski definition) is 2. The summed E-state index contributed by atoms with van der Waals surface area (Å²) in [6.07, 6.45) is -0.339. The Bertz CT molecular complexity index is 708. The van der Waals surface area contributed by atoms with Gasteiger partial charge in [0.25, 0.3) is 0 Å². The molecule has 2 aromatic rings. The molecule has 0 amide bonds. The summed E-state index contributed by atoms with van der Waals surface area (Å²) in [4.78, 5) is 23.0. The number of carbonyl (C=O) groups is 2. The van der Waals surface area contributed by atoms with E-state index in [9.17, 15) is 9.59 Å². The highest BCUT2D eigenvalue weighted by Crippen LogP contribution is 2.29. The lowest BCUT2D eigenvalue weighted by atomic mass is 10.0. The molecule has 0 fully saturated rings. The average molecular weight is 301 g/mol. The van der Waals surface area contributed by atoms with Gasteiger partial charge in [0, 0.05) is 4.88 Å². The van der Waals surface area contributed by atoms with Gasteiger partial charge in [-0.1, -0.05) is 6.07 Å². The molecule has 0 spiro atoms. The molecular formula is C15H11NO4S. The number of carboxylic acids is 2. The van der Waals surface area contributed by atoms with Crippen molar-refractivity contribution in [1.82, 2.24) is 0 Å². The van der Waals surface area contributed by atoms with Crippen molar-refractivity contribution in [1.29, 1.82) is 5.26 Å². The molecule has 2 rings (SSSR count). The smallest absolute Gasteiger partial charge is 0.307 e. The molecular weight excluding hydrogens is 290 g/mol. The van der Waals surface area contributed by atoms with Crippen LogP contribution in [0.1, 0.15) is 16.0 Å².